The van der Waals surface area contributed by atoms with Crippen molar-refractivity contribution in [1.82, 2.24) is 0 Å². The zero-order valence-corrected chi connectivity index (χ0v) is 12.3. The van der Waals surface area contributed by atoms with E-state index < -0.39 is 26.6 Å². The SMILES string of the molecule is Nc1cccc(F)c1S(=O)(=O)Nc1ccc(Br)c(F)c1. The summed E-state index contributed by atoms with van der Waals surface area (Å²) < 4.78 is 53.4. The van der Waals surface area contributed by atoms with Crippen LogP contribution in [0.5, 0.6) is 0 Å². The number of benzene rings is 2. The third kappa shape index (κ3) is 2.91. The summed E-state index contributed by atoms with van der Waals surface area (Å²) in [6, 6.07) is 7.17. The van der Waals surface area contributed by atoms with Crippen LogP contribution in [0.3, 0.4) is 0 Å². The number of nitrogen functional groups attached to an aromatic ring is 1. The summed E-state index contributed by atoms with van der Waals surface area (Å²) in [5.41, 5.74) is 5.21. The predicted octanol–water partition coefficient (Wildman–Crippen LogP) is 3.11. The number of anilines is 2. The van der Waals surface area contributed by atoms with Crippen LogP contribution in [0.15, 0.2) is 45.8 Å². The summed E-state index contributed by atoms with van der Waals surface area (Å²) in [7, 11) is -4.24. The molecule has 0 aliphatic heterocycles. The number of hydrogen-bond donors (Lipinski definition) is 2. The van der Waals surface area contributed by atoms with E-state index in [1.807, 2.05) is 0 Å². The number of halogens is 3. The Morgan fingerprint density at radius 2 is 1.80 bits per heavy atom. The first kappa shape index (κ1) is 14.7. The fourth-order valence-corrected chi connectivity index (χ4v) is 3.06. The molecule has 2 aromatic rings. The molecule has 0 saturated heterocycles. The Balaban J connectivity index is 2.43. The van der Waals surface area contributed by atoms with Crippen molar-refractivity contribution in [2.75, 3.05) is 10.5 Å². The lowest BCUT2D eigenvalue weighted by molar-refractivity contribution is 0.572. The molecule has 0 heterocycles. The molecule has 2 aromatic carbocycles. The molecule has 0 aromatic heterocycles. The molecule has 0 aliphatic carbocycles. The highest BCUT2D eigenvalue weighted by atomic mass is 79.9. The summed E-state index contributed by atoms with van der Waals surface area (Å²) in [5, 5.41) is 0. The molecule has 0 saturated carbocycles. The van der Waals surface area contributed by atoms with Crippen LogP contribution in [0.2, 0.25) is 0 Å². The van der Waals surface area contributed by atoms with Gasteiger partial charge in [-0.3, -0.25) is 4.72 Å². The van der Waals surface area contributed by atoms with Gasteiger partial charge in [-0.05, 0) is 46.3 Å². The minimum absolute atomic E-state index is 0.0339. The molecule has 0 radical (unpaired) electrons. The molecule has 0 bridgehead atoms. The Bertz CT molecular complexity index is 746. The van der Waals surface area contributed by atoms with Crippen LogP contribution in [-0.2, 0) is 10.0 Å². The van der Waals surface area contributed by atoms with Gasteiger partial charge in [0.25, 0.3) is 10.0 Å². The van der Waals surface area contributed by atoms with E-state index in [2.05, 4.69) is 20.7 Å². The third-order valence-electron chi connectivity index (χ3n) is 2.44. The Morgan fingerprint density at radius 3 is 2.40 bits per heavy atom. The lowest BCUT2D eigenvalue weighted by atomic mass is 10.3. The average molecular weight is 363 g/mol. The van der Waals surface area contributed by atoms with Crippen molar-refractivity contribution in [3.63, 3.8) is 0 Å². The second-order valence-corrected chi connectivity index (χ2v) is 6.37. The van der Waals surface area contributed by atoms with E-state index in [0.29, 0.717) is 0 Å². The van der Waals surface area contributed by atoms with E-state index in [1.165, 1.54) is 24.3 Å². The van der Waals surface area contributed by atoms with Gasteiger partial charge in [0.2, 0.25) is 0 Å². The normalized spacial score (nSPS) is 11.3. The molecule has 0 unspecified atom stereocenters. The summed E-state index contributed by atoms with van der Waals surface area (Å²) in [4.78, 5) is -0.664. The third-order valence-corrected chi connectivity index (χ3v) is 4.55. The Hall–Kier alpha value is -1.67. The molecule has 3 N–H and O–H groups in total. The number of sulfonamides is 1. The van der Waals surface area contributed by atoms with Crippen LogP contribution in [0, 0.1) is 11.6 Å². The summed E-state index contributed by atoms with van der Waals surface area (Å²) in [6.07, 6.45) is 0. The maximum atomic E-state index is 13.6. The molecule has 0 atom stereocenters. The highest BCUT2D eigenvalue weighted by Gasteiger charge is 2.22. The fraction of sp³-hybridized carbons (Fsp3) is 0. The van der Waals surface area contributed by atoms with E-state index in [0.717, 1.165) is 12.1 Å². The van der Waals surface area contributed by atoms with Gasteiger partial charge in [0.05, 0.1) is 15.8 Å². The molecule has 2 rings (SSSR count). The van der Waals surface area contributed by atoms with E-state index in [-0.39, 0.29) is 15.8 Å². The van der Waals surface area contributed by atoms with Gasteiger partial charge in [0.1, 0.15) is 16.5 Å². The Morgan fingerprint density at radius 1 is 1.10 bits per heavy atom. The Labute approximate surface area is 122 Å². The monoisotopic (exact) mass is 362 g/mol. The number of nitrogens with one attached hydrogen (secondary N) is 1. The second-order valence-electron chi connectivity index (χ2n) is 3.89. The first-order chi connectivity index (χ1) is 9.31. The molecule has 0 fully saturated rings. The number of nitrogens with two attached hydrogens (primary N) is 1. The summed E-state index contributed by atoms with van der Waals surface area (Å²) in [6.45, 7) is 0. The molecule has 20 heavy (non-hydrogen) atoms. The van der Waals surface area contributed by atoms with Gasteiger partial charge in [0, 0.05) is 0 Å². The van der Waals surface area contributed by atoms with Crippen molar-refractivity contribution in [3.05, 3.63) is 52.5 Å². The molecular weight excluding hydrogens is 354 g/mol. The minimum Gasteiger partial charge on any atom is -0.398 e. The lowest BCUT2D eigenvalue weighted by Crippen LogP contribution is -2.16. The van der Waals surface area contributed by atoms with Gasteiger partial charge < -0.3 is 5.73 Å². The van der Waals surface area contributed by atoms with Crippen molar-refractivity contribution in [3.8, 4) is 0 Å². The maximum absolute atomic E-state index is 13.6. The van der Waals surface area contributed by atoms with E-state index in [1.54, 1.807) is 0 Å². The van der Waals surface area contributed by atoms with Crippen molar-refractivity contribution >= 4 is 37.3 Å². The molecule has 106 valence electrons. The highest BCUT2D eigenvalue weighted by molar-refractivity contribution is 9.10. The van der Waals surface area contributed by atoms with Gasteiger partial charge in [-0.2, -0.15) is 0 Å². The predicted molar refractivity (Wildman–Crippen MR) is 75.7 cm³/mol. The fourth-order valence-electron chi connectivity index (χ4n) is 1.57. The number of hydrogen-bond acceptors (Lipinski definition) is 3. The van der Waals surface area contributed by atoms with Crippen molar-refractivity contribution in [2.24, 2.45) is 0 Å². The van der Waals surface area contributed by atoms with Gasteiger partial charge >= 0.3 is 0 Å². The topological polar surface area (TPSA) is 72.2 Å². The maximum Gasteiger partial charge on any atom is 0.266 e. The lowest BCUT2D eigenvalue weighted by Gasteiger charge is -2.11. The Kier molecular flexibility index (Phi) is 3.96. The highest BCUT2D eigenvalue weighted by Crippen LogP contribution is 2.26. The first-order valence-corrected chi connectivity index (χ1v) is 7.61. The molecule has 0 amide bonds. The van der Waals surface area contributed by atoms with Crippen LogP contribution >= 0.6 is 15.9 Å². The van der Waals surface area contributed by atoms with Crippen LogP contribution < -0.4 is 10.5 Å². The molecule has 8 heteroatoms. The summed E-state index contributed by atoms with van der Waals surface area (Å²) in [5.74, 6) is -1.62. The van der Waals surface area contributed by atoms with Crippen molar-refractivity contribution < 1.29 is 17.2 Å². The molecule has 0 spiro atoms. The van der Waals surface area contributed by atoms with Crippen LogP contribution in [-0.4, -0.2) is 8.42 Å². The van der Waals surface area contributed by atoms with Crippen LogP contribution in [0.25, 0.3) is 0 Å². The standard InChI is InChI=1S/C12H9BrF2N2O2S/c13-8-5-4-7(6-10(8)15)17-20(18,19)12-9(14)2-1-3-11(12)16/h1-6,17H,16H2. The van der Waals surface area contributed by atoms with Crippen molar-refractivity contribution in [1.29, 1.82) is 0 Å². The zero-order chi connectivity index (χ0) is 14.9. The van der Waals surface area contributed by atoms with Crippen LogP contribution in [0.1, 0.15) is 0 Å². The first-order valence-electron chi connectivity index (χ1n) is 5.33. The quantitative estimate of drug-likeness (QED) is 0.824. The van der Waals surface area contributed by atoms with Gasteiger partial charge in [-0.15, -0.1) is 0 Å². The van der Waals surface area contributed by atoms with Gasteiger partial charge in [-0.25, -0.2) is 17.2 Å². The van der Waals surface area contributed by atoms with Gasteiger partial charge in [0.15, 0.2) is 0 Å². The molecule has 4 nitrogen and oxygen atoms in total. The van der Waals surface area contributed by atoms with Crippen LogP contribution in [0.4, 0.5) is 20.2 Å². The second kappa shape index (κ2) is 5.37. The molecular formula is C12H9BrF2N2O2S. The average Bonchev–Trinajstić information content (AvgIpc) is 2.33. The van der Waals surface area contributed by atoms with Crippen molar-refractivity contribution in [2.45, 2.75) is 4.90 Å². The van der Waals surface area contributed by atoms with Gasteiger partial charge in [-0.1, -0.05) is 6.07 Å². The van der Waals surface area contributed by atoms with E-state index in [4.69, 9.17) is 5.73 Å². The smallest absolute Gasteiger partial charge is 0.266 e. The zero-order valence-electron chi connectivity index (χ0n) is 9.90. The summed E-state index contributed by atoms with van der Waals surface area (Å²) >= 11 is 2.94. The molecule has 0 aliphatic rings. The minimum atomic E-state index is -4.24. The van der Waals surface area contributed by atoms with E-state index >= 15 is 0 Å². The van der Waals surface area contributed by atoms with E-state index in [9.17, 15) is 17.2 Å². The largest absolute Gasteiger partial charge is 0.398 e. The number of rotatable bonds is 3.